The minimum atomic E-state index is -0.976. The van der Waals surface area contributed by atoms with Gasteiger partial charge in [0, 0.05) is 18.5 Å². The molecule has 0 fully saturated rings. The Morgan fingerprint density at radius 3 is 2.77 bits per heavy atom. The maximum atomic E-state index is 10.7. The molecule has 0 saturated carbocycles. The second-order valence-corrected chi connectivity index (χ2v) is 3.93. The molecule has 1 aromatic rings. The summed E-state index contributed by atoms with van der Waals surface area (Å²) in [5.41, 5.74) is 1.90. The molecule has 1 atom stereocenters. The Morgan fingerprint density at radius 2 is 2.23 bits per heavy atom. The molecular formula is C8H8BrNO3. The lowest BCUT2D eigenvalue weighted by atomic mass is 10.2. The number of aromatic nitrogens is 1. The van der Waals surface area contributed by atoms with Gasteiger partial charge in [0.1, 0.15) is 5.69 Å². The number of carbonyl (C=O) groups is 1. The lowest BCUT2D eigenvalue weighted by molar-refractivity contribution is 0.0689. The number of fused-ring (bicyclic) bond motifs is 1. The van der Waals surface area contributed by atoms with Crippen molar-refractivity contribution >= 4 is 21.9 Å². The molecule has 5 heteroatoms. The average molecular weight is 246 g/mol. The molecule has 1 aliphatic carbocycles. The average Bonchev–Trinajstić information content (AvgIpc) is 2.51. The minimum absolute atomic E-state index is 0.178. The molecule has 13 heavy (non-hydrogen) atoms. The number of halogens is 1. The molecule has 4 nitrogen and oxygen atoms in total. The zero-order valence-electron chi connectivity index (χ0n) is 6.67. The van der Waals surface area contributed by atoms with Gasteiger partial charge in [-0.15, -0.1) is 0 Å². The molecule has 1 heterocycles. The molecule has 0 radical (unpaired) electrons. The summed E-state index contributed by atoms with van der Waals surface area (Å²) in [6.07, 6.45) is 0.668. The van der Waals surface area contributed by atoms with Crippen LogP contribution < -0.4 is 0 Å². The number of nitrogens with one attached hydrogen (secondary N) is 1. The molecule has 2 rings (SSSR count). The largest absolute Gasteiger partial charge is 0.477 e. The van der Waals surface area contributed by atoms with Gasteiger partial charge in [0.2, 0.25) is 0 Å². The van der Waals surface area contributed by atoms with Crippen LogP contribution in [0.15, 0.2) is 4.47 Å². The van der Waals surface area contributed by atoms with Crippen molar-refractivity contribution in [3.63, 3.8) is 0 Å². The first-order chi connectivity index (χ1) is 6.09. The van der Waals surface area contributed by atoms with Gasteiger partial charge in [-0.25, -0.2) is 4.79 Å². The van der Waals surface area contributed by atoms with Crippen molar-refractivity contribution in [1.82, 2.24) is 4.98 Å². The molecule has 0 aliphatic heterocycles. The molecule has 1 aromatic heterocycles. The van der Waals surface area contributed by atoms with Crippen LogP contribution in [-0.2, 0) is 12.8 Å². The van der Waals surface area contributed by atoms with Crippen molar-refractivity contribution < 1.29 is 15.0 Å². The highest BCUT2D eigenvalue weighted by molar-refractivity contribution is 9.10. The van der Waals surface area contributed by atoms with Gasteiger partial charge in [-0.1, -0.05) is 0 Å². The summed E-state index contributed by atoms with van der Waals surface area (Å²) in [5.74, 6) is -0.976. The van der Waals surface area contributed by atoms with E-state index in [2.05, 4.69) is 20.9 Å². The summed E-state index contributed by atoms with van der Waals surface area (Å²) in [4.78, 5) is 13.5. The van der Waals surface area contributed by atoms with E-state index in [-0.39, 0.29) is 11.8 Å². The lowest BCUT2D eigenvalue weighted by Crippen LogP contribution is -2.07. The van der Waals surface area contributed by atoms with E-state index in [0.29, 0.717) is 17.3 Å². The number of hydrogen-bond acceptors (Lipinski definition) is 2. The monoisotopic (exact) mass is 245 g/mol. The van der Waals surface area contributed by atoms with Crippen LogP contribution in [-0.4, -0.2) is 27.3 Å². The van der Waals surface area contributed by atoms with E-state index in [1.807, 2.05) is 0 Å². The van der Waals surface area contributed by atoms with E-state index in [1.54, 1.807) is 0 Å². The van der Waals surface area contributed by atoms with E-state index in [9.17, 15) is 9.90 Å². The normalized spacial score (nSPS) is 20.3. The number of rotatable bonds is 1. The zero-order valence-corrected chi connectivity index (χ0v) is 8.26. The molecule has 0 bridgehead atoms. The highest BCUT2D eigenvalue weighted by Crippen LogP contribution is 2.32. The third-order valence-electron chi connectivity index (χ3n) is 2.22. The van der Waals surface area contributed by atoms with Crippen LogP contribution in [0.25, 0.3) is 0 Å². The first-order valence-electron chi connectivity index (χ1n) is 3.90. The van der Waals surface area contributed by atoms with E-state index in [4.69, 9.17) is 5.11 Å². The molecule has 0 aromatic carbocycles. The number of carboxylic acids is 1. The highest BCUT2D eigenvalue weighted by atomic mass is 79.9. The van der Waals surface area contributed by atoms with E-state index in [1.165, 1.54) is 0 Å². The van der Waals surface area contributed by atoms with Crippen molar-refractivity contribution in [2.24, 2.45) is 0 Å². The number of aliphatic hydroxyl groups excluding tert-OH is 1. The second kappa shape index (κ2) is 2.85. The smallest absolute Gasteiger partial charge is 0.353 e. The van der Waals surface area contributed by atoms with Crippen LogP contribution in [0.3, 0.4) is 0 Å². The summed E-state index contributed by atoms with van der Waals surface area (Å²) in [5, 5.41) is 18.1. The minimum Gasteiger partial charge on any atom is -0.477 e. The fraction of sp³-hybridized carbons (Fsp3) is 0.375. The molecular weight excluding hydrogens is 238 g/mol. The first kappa shape index (κ1) is 8.77. The molecule has 70 valence electrons. The number of aliphatic hydroxyl groups is 1. The van der Waals surface area contributed by atoms with E-state index in [0.717, 1.165) is 11.3 Å². The third kappa shape index (κ3) is 1.28. The van der Waals surface area contributed by atoms with Gasteiger partial charge < -0.3 is 15.2 Å². The standard InChI is InChI=1S/C8H8BrNO3/c9-6-4-1-3(11)2-5(4)10-7(6)8(12)13/h3,10-11H,1-2H2,(H,12,13)/t3-/m1/s1. The maximum absolute atomic E-state index is 10.7. The molecule has 0 amide bonds. The summed E-state index contributed by atoms with van der Waals surface area (Å²) in [6, 6.07) is 0. The maximum Gasteiger partial charge on any atom is 0.353 e. The SMILES string of the molecule is O=C(O)c1[nH]c2c(c1Br)C[C@@H](O)C2. The first-order valence-corrected chi connectivity index (χ1v) is 4.69. The summed E-state index contributed by atoms with van der Waals surface area (Å²) in [7, 11) is 0. The van der Waals surface area contributed by atoms with Gasteiger partial charge in [-0.2, -0.15) is 0 Å². The summed E-state index contributed by atoms with van der Waals surface area (Å²) >= 11 is 3.21. The van der Waals surface area contributed by atoms with Gasteiger partial charge in [0.15, 0.2) is 0 Å². The summed E-state index contributed by atoms with van der Waals surface area (Å²) < 4.78 is 0.576. The fourth-order valence-electron chi connectivity index (χ4n) is 1.64. The van der Waals surface area contributed by atoms with Crippen LogP contribution >= 0.6 is 15.9 Å². The van der Waals surface area contributed by atoms with E-state index < -0.39 is 5.97 Å². The fourth-order valence-corrected chi connectivity index (χ4v) is 2.31. The molecule has 3 N–H and O–H groups in total. The van der Waals surface area contributed by atoms with Gasteiger partial charge >= 0.3 is 5.97 Å². The van der Waals surface area contributed by atoms with Gasteiger partial charge in [0.25, 0.3) is 0 Å². The van der Waals surface area contributed by atoms with Crippen molar-refractivity contribution in [2.75, 3.05) is 0 Å². The Balaban J connectivity index is 2.47. The van der Waals surface area contributed by atoms with Crippen LogP contribution in [0, 0.1) is 0 Å². The predicted molar refractivity (Wildman–Crippen MR) is 48.9 cm³/mol. The van der Waals surface area contributed by atoms with Crippen molar-refractivity contribution in [1.29, 1.82) is 0 Å². The van der Waals surface area contributed by atoms with Crippen molar-refractivity contribution in [2.45, 2.75) is 18.9 Å². The lowest BCUT2D eigenvalue weighted by Gasteiger charge is -1.98. The number of aromatic carboxylic acids is 1. The molecule has 0 spiro atoms. The third-order valence-corrected chi connectivity index (χ3v) is 3.09. The van der Waals surface area contributed by atoms with Gasteiger partial charge in [0.05, 0.1) is 10.6 Å². The Kier molecular flexibility index (Phi) is 1.92. The van der Waals surface area contributed by atoms with Crippen molar-refractivity contribution in [3.8, 4) is 0 Å². The van der Waals surface area contributed by atoms with Gasteiger partial charge in [-0.3, -0.25) is 0 Å². The highest BCUT2D eigenvalue weighted by Gasteiger charge is 2.27. The Morgan fingerprint density at radius 1 is 1.54 bits per heavy atom. The number of aromatic amines is 1. The van der Waals surface area contributed by atoms with E-state index >= 15 is 0 Å². The van der Waals surface area contributed by atoms with Crippen LogP contribution in [0.5, 0.6) is 0 Å². The van der Waals surface area contributed by atoms with Gasteiger partial charge in [-0.05, 0) is 21.5 Å². The summed E-state index contributed by atoms with van der Waals surface area (Å²) in [6.45, 7) is 0. The van der Waals surface area contributed by atoms with Crippen LogP contribution in [0.4, 0.5) is 0 Å². The predicted octanol–water partition coefficient (Wildman–Crippen LogP) is 0.935. The molecule has 0 unspecified atom stereocenters. The second-order valence-electron chi connectivity index (χ2n) is 3.14. The number of hydrogen-bond donors (Lipinski definition) is 3. The molecule has 1 aliphatic rings. The Bertz CT molecular complexity index is 372. The van der Waals surface area contributed by atoms with Crippen LogP contribution in [0.1, 0.15) is 21.7 Å². The zero-order chi connectivity index (χ0) is 9.59. The topological polar surface area (TPSA) is 73.3 Å². The Hall–Kier alpha value is -0.810. The number of carboxylic acid groups (broad SMARTS) is 1. The Labute approximate surface area is 82.7 Å². The number of H-pyrrole nitrogens is 1. The van der Waals surface area contributed by atoms with Crippen LogP contribution in [0.2, 0.25) is 0 Å². The van der Waals surface area contributed by atoms with Crippen molar-refractivity contribution in [3.05, 3.63) is 21.4 Å². The quantitative estimate of drug-likeness (QED) is 0.690. The molecule has 0 saturated heterocycles.